The van der Waals surface area contributed by atoms with Crippen LogP contribution in [0.5, 0.6) is 0 Å². The van der Waals surface area contributed by atoms with E-state index in [2.05, 4.69) is 15.5 Å². The van der Waals surface area contributed by atoms with Crippen LogP contribution in [0.4, 0.5) is 5.69 Å². The zero-order valence-corrected chi connectivity index (χ0v) is 17.0. The van der Waals surface area contributed by atoms with E-state index < -0.39 is 10.0 Å². The van der Waals surface area contributed by atoms with E-state index in [0.717, 1.165) is 44.7 Å². The molecular weight excluding hydrogens is 364 g/mol. The van der Waals surface area contributed by atoms with Gasteiger partial charge in [-0.15, -0.1) is 0 Å². The number of benzene rings is 1. The number of anilines is 1. The zero-order valence-electron chi connectivity index (χ0n) is 16.2. The fourth-order valence-electron chi connectivity index (χ4n) is 3.63. The highest BCUT2D eigenvalue weighted by Gasteiger charge is 2.27. The summed E-state index contributed by atoms with van der Waals surface area (Å²) in [5.74, 6) is 0.257. The van der Waals surface area contributed by atoms with Crippen LogP contribution in [0.25, 0.3) is 0 Å². The number of carbonyl (C=O) groups is 1. The summed E-state index contributed by atoms with van der Waals surface area (Å²) in [7, 11) is -3.60. The van der Waals surface area contributed by atoms with Gasteiger partial charge in [0, 0.05) is 57.4 Å². The number of nitrogens with zero attached hydrogens (tertiary/aromatic N) is 2. The molecular formula is C19H30N4O3S. The predicted octanol–water partition coefficient (Wildman–Crippen LogP) is 1.27. The molecule has 1 aromatic carbocycles. The van der Waals surface area contributed by atoms with E-state index in [1.807, 2.05) is 13.8 Å². The maximum absolute atomic E-state index is 12.9. The monoisotopic (exact) mass is 394 g/mol. The highest BCUT2D eigenvalue weighted by molar-refractivity contribution is 7.89. The van der Waals surface area contributed by atoms with Gasteiger partial charge in [-0.2, -0.15) is 4.31 Å². The Balaban J connectivity index is 1.91. The van der Waals surface area contributed by atoms with Crippen molar-refractivity contribution in [2.45, 2.75) is 31.6 Å². The Kier molecular flexibility index (Phi) is 6.39. The highest BCUT2D eigenvalue weighted by atomic mass is 32.2. The smallest absolute Gasteiger partial charge is 0.253 e. The fourth-order valence-corrected chi connectivity index (χ4v) is 5.11. The van der Waals surface area contributed by atoms with Crippen molar-refractivity contribution in [3.05, 3.63) is 23.8 Å². The lowest BCUT2D eigenvalue weighted by Gasteiger charge is -2.28. The lowest BCUT2D eigenvalue weighted by molar-refractivity contribution is 0.0942. The second-order valence-corrected chi connectivity index (χ2v) is 9.13. The maximum atomic E-state index is 12.9. The molecule has 0 radical (unpaired) electrons. The number of carbonyl (C=O) groups excluding carboxylic acids is 1. The van der Waals surface area contributed by atoms with Gasteiger partial charge in [0.25, 0.3) is 5.91 Å². The van der Waals surface area contributed by atoms with Crippen molar-refractivity contribution in [3.8, 4) is 0 Å². The molecule has 0 atom stereocenters. The van der Waals surface area contributed by atoms with Crippen LogP contribution in [0.15, 0.2) is 23.1 Å². The van der Waals surface area contributed by atoms with Crippen molar-refractivity contribution >= 4 is 21.6 Å². The summed E-state index contributed by atoms with van der Waals surface area (Å²) in [5, 5.41) is 6.18. The Morgan fingerprint density at radius 2 is 1.89 bits per heavy atom. The molecule has 0 bridgehead atoms. The van der Waals surface area contributed by atoms with Gasteiger partial charge in [-0.3, -0.25) is 4.79 Å². The van der Waals surface area contributed by atoms with Gasteiger partial charge in [0.1, 0.15) is 0 Å². The molecule has 2 aliphatic rings. The van der Waals surface area contributed by atoms with E-state index in [9.17, 15) is 13.2 Å². The van der Waals surface area contributed by atoms with Crippen LogP contribution in [0.1, 0.15) is 37.0 Å². The zero-order chi connectivity index (χ0) is 19.4. The van der Waals surface area contributed by atoms with Gasteiger partial charge in [0.2, 0.25) is 10.0 Å². The van der Waals surface area contributed by atoms with E-state index in [4.69, 9.17) is 0 Å². The van der Waals surface area contributed by atoms with Crippen LogP contribution >= 0.6 is 0 Å². The summed E-state index contributed by atoms with van der Waals surface area (Å²) in [5.41, 5.74) is 1.28. The first kappa shape index (κ1) is 20.1. The molecule has 0 saturated carbocycles. The molecule has 2 N–H and O–H groups in total. The standard InChI is InChI=1S/C19H30N4O3S/c1-3-23(4-2)27(25,26)16-7-8-18(22-9-5-6-10-22)17(11-16)19(24)21-14-15-12-20-13-15/h7-8,11,15,20H,3-6,9-10,12-14H2,1-2H3,(H,21,24). The van der Waals surface area contributed by atoms with Crippen LogP contribution in [-0.4, -0.2) is 64.4 Å². The number of nitrogens with one attached hydrogen (secondary N) is 2. The van der Waals surface area contributed by atoms with E-state index in [1.54, 1.807) is 18.2 Å². The van der Waals surface area contributed by atoms with Crippen molar-refractivity contribution < 1.29 is 13.2 Å². The molecule has 0 unspecified atom stereocenters. The average molecular weight is 395 g/mol. The third-order valence-corrected chi connectivity index (χ3v) is 7.47. The largest absolute Gasteiger partial charge is 0.371 e. The van der Waals surface area contributed by atoms with Crippen LogP contribution in [-0.2, 0) is 10.0 Å². The van der Waals surface area contributed by atoms with Crippen molar-refractivity contribution in [2.24, 2.45) is 5.92 Å². The number of rotatable bonds is 8. The maximum Gasteiger partial charge on any atom is 0.253 e. The first-order valence-corrected chi connectivity index (χ1v) is 11.3. The Bertz CT molecular complexity index is 767. The molecule has 0 spiro atoms. The second kappa shape index (κ2) is 8.58. The molecule has 0 aliphatic carbocycles. The third-order valence-electron chi connectivity index (χ3n) is 5.42. The lowest BCUT2D eigenvalue weighted by Crippen LogP contribution is -2.48. The third kappa shape index (κ3) is 4.28. The molecule has 2 aliphatic heterocycles. The summed E-state index contributed by atoms with van der Waals surface area (Å²) in [6.45, 7) is 8.68. The van der Waals surface area contributed by atoms with Crippen molar-refractivity contribution in [1.29, 1.82) is 0 Å². The van der Waals surface area contributed by atoms with Crippen LogP contribution in [0.2, 0.25) is 0 Å². The van der Waals surface area contributed by atoms with Crippen molar-refractivity contribution in [1.82, 2.24) is 14.9 Å². The molecule has 1 amide bonds. The van der Waals surface area contributed by atoms with Crippen molar-refractivity contribution in [3.63, 3.8) is 0 Å². The topological polar surface area (TPSA) is 81.8 Å². The molecule has 0 aromatic heterocycles. The van der Waals surface area contributed by atoms with Crippen LogP contribution in [0, 0.1) is 5.92 Å². The molecule has 3 rings (SSSR count). The summed E-state index contributed by atoms with van der Waals surface area (Å²) in [6.07, 6.45) is 2.18. The van der Waals surface area contributed by atoms with Crippen molar-refractivity contribution in [2.75, 3.05) is 50.7 Å². The molecule has 27 heavy (non-hydrogen) atoms. The molecule has 7 nitrogen and oxygen atoms in total. The minimum Gasteiger partial charge on any atom is -0.371 e. The van der Waals surface area contributed by atoms with E-state index in [0.29, 0.717) is 31.1 Å². The average Bonchev–Trinajstić information content (AvgIpc) is 3.15. The van der Waals surface area contributed by atoms with Crippen LogP contribution < -0.4 is 15.5 Å². The summed E-state index contributed by atoms with van der Waals surface area (Å²) in [6, 6.07) is 4.98. The highest BCUT2D eigenvalue weighted by Crippen LogP contribution is 2.28. The quantitative estimate of drug-likeness (QED) is 0.694. The summed E-state index contributed by atoms with van der Waals surface area (Å²) >= 11 is 0. The number of hydrogen-bond donors (Lipinski definition) is 2. The van der Waals surface area contributed by atoms with Crippen LogP contribution in [0.3, 0.4) is 0 Å². The number of hydrogen-bond acceptors (Lipinski definition) is 5. The normalized spacial score (nSPS) is 18.0. The lowest BCUT2D eigenvalue weighted by atomic mass is 10.0. The predicted molar refractivity (Wildman–Crippen MR) is 107 cm³/mol. The van der Waals surface area contributed by atoms with Gasteiger partial charge < -0.3 is 15.5 Å². The Morgan fingerprint density at radius 1 is 1.22 bits per heavy atom. The fraction of sp³-hybridized carbons (Fsp3) is 0.632. The first-order valence-electron chi connectivity index (χ1n) is 9.85. The van der Waals surface area contributed by atoms with E-state index in [1.165, 1.54) is 4.31 Å². The van der Waals surface area contributed by atoms with Gasteiger partial charge in [0.05, 0.1) is 10.5 Å². The first-order chi connectivity index (χ1) is 13.0. The molecule has 1 aromatic rings. The number of amides is 1. The van der Waals surface area contributed by atoms with E-state index >= 15 is 0 Å². The molecule has 2 saturated heterocycles. The Labute approximate surface area is 162 Å². The second-order valence-electron chi connectivity index (χ2n) is 7.20. The molecule has 2 fully saturated rings. The minimum atomic E-state index is -3.60. The molecule has 8 heteroatoms. The number of sulfonamides is 1. The Hall–Kier alpha value is -1.64. The van der Waals surface area contributed by atoms with E-state index in [-0.39, 0.29) is 10.8 Å². The van der Waals surface area contributed by atoms with Gasteiger partial charge in [-0.25, -0.2) is 8.42 Å². The summed E-state index contributed by atoms with van der Waals surface area (Å²) < 4.78 is 27.2. The summed E-state index contributed by atoms with van der Waals surface area (Å²) in [4.78, 5) is 15.2. The van der Waals surface area contributed by atoms with Gasteiger partial charge >= 0.3 is 0 Å². The SMILES string of the molecule is CCN(CC)S(=O)(=O)c1ccc(N2CCCC2)c(C(=O)NCC2CNC2)c1. The molecule has 2 heterocycles. The minimum absolute atomic E-state index is 0.185. The molecule has 150 valence electrons. The Morgan fingerprint density at radius 3 is 2.44 bits per heavy atom. The van der Waals surface area contributed by atoms with Gasteiger partial charge in [-0.1, -0.05) is 13.8 Å². The van der Waals surface area contributed by atoms with Gasteiger partial charge in [-0.05, 0) is 31.0 Å². The van der Waals surface area contributed by atoms with Gasteiger partial charge in [0.15, 0.2) is 0 Å².